The van der Waals surface area contributed by atoms with Gasteiger partial charge in [0.05, 0.1) is 12.0 Å². The highest BCUT2D eigenvalue weighted by Gasteiger charge is 2.20. The van der Waals surface area contributed by atoms with Crippen molar-refractivity contribution in [2.24, 2.45) is 5.73 Å². The molecule has 1 aromatic rings. The summed E-state index contributed by atoms with van der Waals surface area (Å²) in [6.07, 6.45) is 2.52. The molecular formula is C13H21FN2O3S. The van der Waals surface area contributed by atoms with Gasteiger partial charge in [0, 0.05) is 18.7 Å². The smallest absolute Gasteiger partial charge is 0.241 e. The van der Waals surface area contributed by atoms with Crippen LogP contribution < -0.4 is 15.2 Å². The fraction of sp³-hybridized carbons (Fsp3) is 0.538. The second-order valence-electron chi connectivity index (χ2n) is 4.49. The highest BCUT2D eigenvalue weighted by Crippen LogP contribution is 2.21. The minimum atomic E-state index is -3.73. The van der Waals surface area contributed by atoms with E-state index in [0.29, 0.717) is 6.42 Å². The predicted molar refractivity (Wildman–Crippen MR) is 75.6 cm³/mol. The molecule has 114 valence electrons. The van der Waals surface area contributed by atoms with Crippen molar-refractivity contribution in [2.75, 3.05) is 13.7 Å². The van der Waals surface area contributed by atoms with Crippen LogP contribution in [0, 0.1) is 5.82 Å². The molecule has 1 atom stereocenters. The first-order valence-corrected chi connectivity index (χ1v) is 7.98. The van der Waals surface area contributed by atoms with Crippen LogP contribution in [0.15, 0.2) is 23.1 Å². The summed E-state index contributed by atoms with van der Waals surface area (Å²) >= 11 is 0. The summed E-state index contributed by atoms with van der Waals surface area (Å²) in [6.45, 7) is 2.24. The third-order valence-corrected chi connectivity index (χ3v) is 4.46. The van der Waals surface area contributed by atoms with Crippen LogP contribution in [0.3, 0.4) is 0 Å². The van der Waals surface area contributed by atoms with Gasteiger partial charge in [0.1, 0.15) is 0 Å². The Morgan fingerprint density at radius 1 is 1.45 bits per heavy atom. The van der Waals surface area contributed by atoms with E-state index >= 15 is 0 Å². The summed E-state index contributed by atoms with van der Waals surface area (Å²) in [5, 5.41) is 0. The van der Waals surface area contributed by atoms with E-state index in [1.54, 1.807) is 0 Å². The molecule has 0 saturated heterocycles. The first kappa shape index (κ1) is 16.9. The van der Waals surface area contributed by atoms with Gasteiger partial charge < -0.3 is 10.5 Å². The van der Waals surface area contributed by atoms with E-state index in [1.165, 1.54) is 13.2 Å². The molecule has 1 aromatic carbocycles. The Labute approximate surface area is 119 Å². The zero-order chi connectivity index (χ0) is 15.2. The summed E-state index contributed by atoms with van der Waals surface area (Å²) in [5.74, 6) is -0.710. The predicted octanol–water partition coefficient (Wildman–Crippen LogP) is 1.63. The zero-order valence-electron chi connectivity index (χ0n) is 11.7. The van der Waals surface area contributed by atoms with Gasteiger partial charge in [0.2, 0.25) is 10.0 Å². The van der Waals surface area contributed by atoms with Crippen LogP contribution >= 0.6 is 0 Å². The molecule has 0 aliphatic rings. The van der Waals surface area contributed by atoms with E-state index in [0.717, 1.165) is 25.0 Å². The van der Waals surface area contributed by atoms with E-state index in [4.69, 9.17) is 10.5 Å². The molecule has 5 nitrogen and oxygen atoms in total. The highest BCUT2D eigenvalue weighted by molar-refractivity contribution is 7.89. The van der Waals surface area contributed by atoms with Crippen LogP contribution in [-0.2, 0) is 10.0 Å². The molecule has 0 aliphatic heterocycles. The summed E-state index contributed by atoms with van der Waals surface area (Å²) in [5.41, 5.74) is 5.57. The lowest BCUT2D eigenvalue weighted by Gasteiger charge is -2.17. The molecule has 0 radical (unpaired) electrons. The van der Waals surface area contributed by atoms with Crippen LogP contribution in [0.4, 0.5) is 4.39 Å². The number of hydrogen-bond donors (Lipinski definition) is 2. The van der Waals surface area contributed by atoms with Gasteiger partial charge in [0.15, 0.2) is 11.6 Å². The van der Waals surface area contributed by atoms with Gasteiger partial charge in [-0.1, -0.05) is 19.8 Å². The van der Waals surface area contributed by atoms with Gasteiger partial charge in [0.25, 0.3) is 0 Å². The van der Waals surface area contributed by atoms with Crippen molar-refractivity contribution in [2.45, 2.75) is 37.1 Å². The monoisotopic (exact) mass is 304 g/mol. The molecule has 0 bridgehead atoms. The van der Waals surface area contributed by atoms with Crippen LogP contribution in [0.1, 0.15) is 26.2 Å². The number of nitrogens with two attached hydrogens (primary N) is 1. The Morgan fingerprint density at radius 3 is 2.70 bits per heavy atom. The van der Waals surface area contributed by atoms with Gasteiger partial charge in [-0.3, -0.25) is 0 Å². The van der Waals surface area contributed by atoms with Crippen molar-refractivity contribution in [3.8, 4) is 5.75 Å². The summed E-state index contributed by atoms with van der Waals surface area (Å²) in [7, 11) is -2.44. The molecule has 3 N–H and O–H groups in total. The maximum Gasteiger partial charge on any atom is 0.241 e. The second-order valence-corrected chi connectivity index (χ2v) is 6.21. The normalized spacial score (nSPS) is 13.2. The molecule has 0 heterocycles. The van der Waals surface area contributed by atoms with E-state index in [9.17, 15) is 12.8 Å². The number of rotatable bonds is 8. The lowest BCUT2D eigenvalue weighted by atomic mass is 10.1. The number of benzene rings is 1. The third-order valence-electron chi connectivity index (χ3n) is 2.95. The van der Waals surface area contributed by atoms with Crippen LogP contribution in [0.5, 0.6) is 5.75 Å². The molecule has 0 fully saturated rings. The quantitative estimate of drug-likeness (QED) is 0.765. The summed E-state index contributed by atoms with van der Waals surface area (Å²) < 4.78 is 45.0. The average Bonchev–Trinajstić information content (AvgIpc) is 2.43. The molecule has 0 aromatic heterocycles. The van der Waals surface area contributed by atoms with Gasteiger partial charge in [-0.25, -0.2) is 17.5 Å². The molecule has 7 heteroatoms. The van der Waals surface area contributed by atoms with Crippen LogP contribution in [-0.4, -0.2) is 28.1 Å². The number of ether oxygens (including phenoxy) is 1. The molecule has 20 heavy (non-hydrogen) atoms. The Balaban J connectivity index is 2.92. The van der Waals surface area contributed by atoms with E-state index in [1.807, 2.05) is 6.92 Å². The number of methoxy groups -OCH3 is 1. The number of sulfonamides is 1. The Bertz CT molecular complexity index is 534. The molecule has 0 aliphatic carbocycles. The second kappa shape index (κ2) is 7.56. The van der Waals surface area contributed by atoms with Gasteiger partial charge in [-0.15, -0.1) is 0 Å². The minimum Gasteiger partial charge on any atom is -0.494 e. The third kappa shape index (κ3) is 4.43. The Kier molecular flexibility index (Phi) is 6.38. The number of unbranched alkanes of at least 4 members (excludes halogenated alkanes) is 1. The van der Waals surface area contributed by atoms with Crippen LogP contribution in [0.25, 0.3) is 0 Å². The number of hydrogen-bond acceptors (Lipinski definition) is 4. The zero-order valence-corrected chi connectivity index (χ0v) is 12.5. The average molecular weight is 304 g/mol. The molecule has 0 amide bonds. The first-order valence-electron chi connectivity index (χ1n) is 6.50. The number of nitrogens with one attached hydrogen (secondary N) is 1. The lowest BCUT2D eigenvalue weighted by Crippen LogP contribution is -2.40. The van der Waals surface area contributed by atoms with Gasteiger partial charge >= 0.3 is 0 Å². The SMILES string of the molecule is CCCCC(CN)NS(=O)(=O)c1ccc(F)c(OC)c1. The maximum absolute atomic E-state index is 13.3. The Hall–Kier alpha value is -1.18. The van der Waals surface area contributed by atoms with Crippen molar-refractivity contribution < 1.29 is 17.5 Å². The summed E-state index contributed by atoms with van der Waals surface area (Å²) in [6, 6.07) is 3.10. The van der Waals surface area contributed by atoms with Crippen molar-refractivity contribution in [1.29, 1.82) is 0 Å². The molecule has 0 spiro atoms. The molecular weight excluding hydrogens is 283 g/mol. The van der Waals surface area contributed by atoms with Gasteiger partial charge in [-0.05, 0) is 18.6 Å². The topological polar surface area (TPSA) is 81.4 Å². The van der Waals surface area contributed by atoms with E-state index < -0.39 is 15.8 Å². The van der Waals surface area contributed by atoms with E-state index in [2.05, 4.69) is 4.72 Å². The van der Waals surface area contributed by atoms with Crippen LogP contribution in [0.2, 0.25) is 0 Å². The fourth-order valence-corrected chi connectivity index (χ4v) is 3.07. The minimum absolute atomic E-state index is 0.0364. The largest absolute Gasteiger partial charge is 0.494 e. The number of halogens is 1. The fourth-order valence-electron chi connectivity index (χ4n) is 1.77. The van der Waals surface area contributed by atoms with Crippen molar-refractivity contribution in [3.05, 3.63) is 24.0 Å². The van der Waals surface area contributed by atoms with Gasteiger partial charge in [-0.2, -0.15) is 0 Å². The van der Waals surface area contributed by atoms with Crippen molar-refractivity contribution in [1.82, 2.24) is 4.72 Å². The lowest BCUT2D eigenvalue weighted by molar-refractivity contribution is 0.385. The van der Waals surface area contributed by atoms with Crippen molar-refractivity contribution >= 4 is 10.0 Å². The summed E-state index contributed by atoms with van der Waals surface area (Å²) in [4.78, 5) is -0.0364. The Morgan fingerprint density at radius 2 is 2.15 bits per heavy atom. The van der Waals surface area contributed by atoms with E-state index in [-0.39, 0.29) is 23.2 Å². The standard InChI is InChI=1S/C13H21FN2O3S/c1-3-4-5-10(9-15)16-20(17,18)11-6-7-12(14)13(8-11)19-2/h6-8,10,16H,3-5,9,15H2,1-2H3. The molecule has 1 unspecified atom stereocenters. The first-order chi connectivity index (χ1) is 9.44. The molecule has 0 saturated carbocycles. The van der Waals surface area contributed by atoms with Crippen molar-refractivity contribution in [3.63, 3.8) is 0 Å². The molecule has 1 rings (SSSR count). The highest BCUT2D eigenvalue weighted by atomic mass is 32.2. The maximum atomic E-state index is 13.3.